The van der Waals surface area contributed by atoms with Gasteiger partial charge in [0.1, 0.15) is 11.2 Å². The Morgan fingerprint density at radius 1 is 0.741 bits per heavy atom. The molecule has 0 heterocycles. The van der Waals surface area contributed by atoms with E-state index in [1.54, 1.807) is 0 Å². The summed E-state index contributed by atoms with van der Waals surface area (Å²) in [6.07, 6.45) is 12.1. The molecule has 0 aromatic rings. The van der Waals surface area contributed by atoms with E-state index >= 15 is 0 Å². The van der Waals surface area contributed by atoms with Crippen LogP contribution in [0.15, 0.2) is 0 Å². The van der Waals surface area contributed by atoms with E-state index in [0.717, 1.165) is 70.6 Å². The molecule has 1 unspecified atom stereocenters. The molecule has 1 fully saturated rings. The molecule has 4 nitrogen and oxygen atoms in total. The molecule has 1 rings (SSSR count). The van der Waals surface area contributed by atoms with E-state index < -0.39 is 5.79 Å². The fourth-order valence-corrected chi connectivity index (χ4v) is 4.30. The van der Waals surface area contributed by atoms with Gasteiger partial charge >= 0.3 is 0 Å². The second-order valence-electron chi connectivity index (χ2n) is 8.57. The highest BCUT2D eigenvalue weighted by atomic mass is 17.3. The summed E-state index contributed by atoms with van der Waals surface area (Å²) in [7, 11) is 0. The minimum Gasteiger partial charge on any atom is -0.227 e. The molecule has 1 saturated carbocycles. The molecule has 0 aromatic heterocycles. The van der Waals surface area contributed by atoms with E-state index in [-0.39, 0.29) is 17.1 Å². The summed E-state index contributed by atoms with van der Waals surface area (Å²) in [5.41, 5.74) is -0.476. The molecule has 0 saturated heterocycles. The molecule has 0 bridgehead atoms. The van der Waals surface area contributed by atoms with Crippen LogP contribution in [0, 0.1) is 5.92 Å². The average molecular weight is 387 g/mol. The Morgan fingerprint density at radius 3 is 1.52 bits per heavy atom. The molecule has 0 amide bonds. The first-order chi connectivity index (χ1) is 12.9. The van der Waals surface area contributed by atoms with Crippen molar-refractivity contribution in [2.45, 2.75) is 143 Å². The van der Waals surface area contributed by atoms with Crippen LogP contribution in [-0.4, -0.2) is 17.0 Å². The first-order valence-corrected chi connectivity index (χ1v) is 11.6. The molecule has 0 N–H and O–H groups in total. The topological polar surface area (TPSA) is 36.9 Å². The molecule has 1 atom stereocenters. The molecule has 1 aliphatic rings. The summed E-state index contributed by atoms with van der Waals surface area (Å²) in [4.78, 5) is 24.7. The summed E-state index contributed by atoms with van der Waals surface area (Å²) in [6, 6.07) is 0. The van der Waals surface area contributed by atoms with Crippen LogP contribution in [0.3, 0.4) is 0 Å². The van der Waals surface area contributed by atoms with Gasteiger partial charge in [-0.05, 0) is 51.4 Å². The molecule has 0 radical (unpaired) electrons. The maximum absolute atomic E-state index is 6.20. The zero-order chi connectivity index (χ0) is 20.4. The monoisotopic (exact) mass is 386 g/mol. The van der Waals surface area contributed by atoms with Gasteiger partial charge in [-0.3, -0.25) is 0 Å². The van der Waals surface area contributed by atoms with Gasteiger partial charge in [0.05, 0.1) is 0 Å². The lowest BCUT2D eigenvalue weighted by Crippen LogP contribution is -2.49. The largest absolute Gasteiger partial charge is 0.236 e. The maximum Gasteiger partial charge on any atom is 0.236 e. The lowest BCUT2D eigenvalue weighted by Gasteiger charge is -2.44. The Morgan fingerprint density at radius 2 is 1.19 bits per heavy atom. The van der Waals surface area contributed by atoms with Crippen LogP contribution >= 0.6 is 0 Å². The molecule has 0 aromatic carbocycles. The second kappa shape index (κ2) is 11.7. The van der Waals surface area contributed by atoms with E-state index in [1.807, 2.05) is 0 Å². The molecule has 0 spiro atoms. The predicted octanol–water partition coefficient (Wildman–Crippen LogP) is 7.51. The highest BCUT2D eigenvalue weighted by Crippen LogP contribution is 2.42. The van der Waals surface area contributed by atoms with E-state index in [0.29, 0.717) is 0 Å². The molecule has 1 aliphatic carbocycles. The fraction of sp³-hybridized carbons (Fsp3) is 1.00. The number of rotatable bonds is 14. The highest BCUT2D eigenvalue weighted by Gasteiger charge is 2.47. The van der Waals surface area contributed by atoms with Gasteiger partial charge in [-0.15, -0.1) is 0 Å². The van der Waals surface area contributed by atoms with Crippen LogP contribution in [0.25, 0.3) is 0 Å². The van der Waals surface area contributed by atoms with E-state index in [4.69, 9.17) is 19.6 Å². The van der Waals surface area contributed by atoms with Crippen molar-refractivity contribution >= 4 is 0 Å². The van der Waals surface area contributed by atoms with Crippen molar-refractivity contribution in [1.82, 2.24) is 0 Å². The standard InChI is InChI=1S/C23H46O4/c1-8-17-21(10-3,11-4)24-26-23(19-15-14-16-20(23)7)27-25-22(12-5,13-6)18-9-2/h20H,8-19H2,1-7H3. The van der Waals surface area contributed by atoms with Crippen LogP contribution in [0.5, 0.6) is 0 Å². The minimum absolute atomic E-state index is 0.238. The van der Waals surface area contributed by atoms with Gasteiger partial charge < -0.3 is 0 Å². The van der Waals surface area contributed by atoms with Gasteiger partial charge in [-0.1, -0.05) is 67.7 Å². The van der Waals surface area contributed by atoms with Crippen LogP contribution < -0.4 is 0 Å². The van der Waals surface area contributed by atoms with Crippen molar-refractivity contribution in [2.75, 3.05) is 0 Å². The lowest BCUT2D eigenvalue weighted by atomic mass is 9.85. The van der Waals surface area contributed by atoms with Gasteiger partial charge in [0.2, 0.25) is 5.79 Å². The number of hydrogen-bond donors (Lipinski definition) is 0. The Hall–Kier alpha value is -0.160. The van der Waals surface area contributed by atoms with Crippen LogP contribution in [0.2, 0.25) is 0 Å². The lowest BCUT2D eigenvalue weighted by molar-refractivity contribution is -0.562. The molecule has 27 heavy (non-hydrogen) atoms. The SMILES string of the molecule is CCCC(CC)(CC)OOC1(OOC(CC)(CC)CCC)CCCCC1C. The summed E-state index contributed by atoms with van der Waals surface area (Å²) in [6.45, 7) is 15.3. The van der Waals surface area contributed by atoms with Gasteiger partial charge in [0, 0.05) is 12.3 Å². The Kier molecular flexibility index (Phi) is 10.8. The third-order valence-corrected chi connectivity index (χ3v) is 6.87. The summed E-state index contributed by atoms with van der Waals surface area (Å²) in [5, 5.41) is 0. The van der Waals surface area contributed by atoms with Gasteiger partial charge in [-0.2, -0.15) is 9.78 Å². The molecule has 4 heteroatoms. The molecular weight excluding hydrogens is 340 g/mol. The second-order valence-corrected chi connectivity index (χ2v) is 8.57. The summed E-state index contributed by atoms with van der Waals surface area (Å²) in [5.74, 6) is -0.558. The summed E-state index contributed by atoms with van der Waals surface area (Å²) >= 11 is 0. The Bertz CT molecular complexity index is 362. The normalized spacial score (nSPS) is 20.8. The Labute approximate surface area is 168 Å². The van der Waals surface area contributed by atoms with Crippen molar-refractivity contribution in [1.29, 1.82) is 0 Å². The molecule has 162 valence electrons. The van der Waals surface area contributed by atoms with Crippen LogP contribution in [0.4, 0.5) is 0 Å². The zero-order valence-electron chi connectivity index (χ0n) is 19.2. The van der Waals surface area contributed by atoms with Crippen molar-refractivity contribution < 1.29 is 19.6 Å². The third-order valence-electron chi connectivity index (χ3n) is 6.87. The van der Waals surface area contributed by atoms with Gasteiger partial charge in [-0.25, -0.2) is 9.78 Å². The van der Waals surface area contributed by atoms with E-state index in [9.17, 15) is 0 Å². The third kappa shape index (κ3) is 6.42. The maximum atomic E-state index is 6.20. The highest BCUT2D eigenvalue weighted by molar-refractivity contribution is 4.82. The minimum atomic E-state index is -0.801. The Balaban J connectivity index is 2.95. The fourth-order valence-electron chi connectivity index (χ4n) is 4.30. The summed E-state index contributed by atoms with van der Waals surface area (Å²) < 4.78 is 0. The van der Waals surface area contributed by atoms with E-state index in [1.165, 1.54) is 6.42 Å². The van der Waals surface area contributed by atoms with Crippen LogP contribution in [0.1, 0.15) is 126 Å². The van der Waals surface area contributed by atoms with E-state index in [2.05, 4.69) is 48.5 Å². The average Bonchev–Trinajstić information content (AvgIpc) is 2.70. The van der Waals surface area contributed by atoms with Gasteiger partial charge in [0.25, 0.3) is 0 Å². The predicted molar refractivity (Wildman–Crippen MR) is 111 cm³/mol. The molecule has 0 aliphatic heterocycles. The van der Waals surface area contributed by atoms with Gasteiger partial charge in [0.15, 0.2) is 0 Å². The zero-order valence-corrected chi connectivity index (χ0v) is 19.2. The van der Waals surface area contributed by atoms with Crippen molar-refractivity contribution in [3.8, 4) is 0 Å². The quantitative estimate of drug-likeness (QED) is 0.176. The first kappa shape index (κ1) is 24.9. The van der Waals surface area contributed by atoms with Crippen molar-refractivity contribution in [3.05, 3.63) is 0 Å². The first-order valence-electron chi connectivity index (χ1n) is 11.6. The van der Waals surface area contributed by atoms with Crippen molar-refractivity contribution in [2.24, 2.45) is 5.92 Å². The van der Waals surface area contributed by atoms with Crippen LogP contribution in [-0.2, 0) is 19.6 Å². The molecular formula is C23H46O4. The van der Waals surface area contributed by atoms with Crippen molar-refractivity contribution in [3.63, 3.8) is 0 Å². The number of hydrogen-bond acceptors (Lipinski definition) is 4. The smallest absolute Gasteiger partial charge is 0.227 e.